The Bertz CT molecular complexity index is 601. The summed E-state index contributed by atoms with van der Waals surface area (Å²) in [5, 5.41) is 6.82. The van der Waals surface area contributed by atoms with E-state index >= 15 is 0 Å². The molecule has 0 bridgehead atoms. The van der Waals surface area contributed by atoms with Gasteiger partial charge in [-0.05, 0) is 39.0 Å². The van der Waals surface area contributed by atoms with Crippen LogP contribution in [0.4, 0.5) is 0 Å². The molecule has 2 aliphatic rings. The van der Waals surface area contributed by atoms with Crippen LogP contribution in [-0.4, -0.2) is 39.9 Å². The number of hydrogen-bond donors (Lipinski definition) is 1. The van der Waals surface area contributed by atoms with Gasteiger partial charge in [0.1, 0.15) is 6.04 Å². The van der Waals surface area contributed by atoms with E-state index in [1.807, 2.05) is 11.8 Å². The van der Waals surface area contributed by atoms with Crippen molar-refractivity contribution in [2.45, 2.75) is 64.8 Å². The molecule has 7 heteroatoms. The SMILES string of the molecule is CCC(NC(=O)C1CCN(C(=O)C2CCCC2)CC1)c1nc(C)no1. The standard InChI is InChI=1S/C18H28N4O3/c1-3-15(17-19-12(2)21-25-17)20-16(23)13-8-10-22(11-9-13)18(24)14-6-4-5-7-14/h13-15H,3-11H2,1-2H3,(H,20,23). The van der Waals surface area contributed by atoms with Gasteiger partial charge in [-0.1, -0.05) is 24.9 Å². The molecule has 0 aromatic carbocycles. The van der Waals surface area contributed by atoms with Crippen molar-refractivity contribution in [3.8, 4) is 0 Å². The van der Waals surface area contributed by atoms with E-state index in [1.54, 1.807) is 6.92 Å². The Labute approximate surface area is 148 Å². The Morgan fingerprint density at radius 2 is 1.88 bits per heavy atom. The van der Waals surface area contributed by atoms with Gasteiger partial charge < -0.3 is 14.7 Å². The van der Waals surface area contributed by atoms with Crippen LogP contribution in [0.25, 0.3) is 0 Å². The number of aryl methyl sites for hydroxylation is 1. The number of carbonyl (C=O) groups is 2. The van der Waals surface area contributed by atoms with Crippen molar-refractivity contribution in [1.29, 1.82) is 0 Å². The molecule has 25 heavy (non-hydrogen) atoms. The third kappa shape index (κ3) is 4.19. The molecule has 1 aromatic heterocycles. The molecule has 1 N–H and O–H groups in total. The molecule has 1 aliphatic heterocycles. The van der Waals surface area contributed by atoms with Crippen LogP contribution in [0.2, 0.25) is 0 Å². The zero-order chi connectivity index (χ0) is 17.8. The van der Waals surface area contributed by atoms with Gasteiger partial charge in [0.15, 0.2) is 5.82 Å². The summed E-state index contributed by atoms with van der Waals surface area (Å²) >= 11 is 0. The lowest BCUT2D eigenvalue weighted by Gasteiger charge is -2.33. The summed E-state index contributed by atoms with van der Waals surface area (Å²) in [6.45, 7) is 5.11. The number of aromatic nitrogens is 2. The molecule has 1 saturated heterocycles. The van der Waals surface area contributed by atoms with Gasteiger partial charge in [-0.2, -0.15) is 4.98 Å². The second-order valence-corrected chi connectivity index (χ2v) is 7.23. The van der Waals surface area contributed by atoms with Gasteiger partial charge in [-0.3, -0.25) is 9.59 Å². The molecular formula is C18H28N4O3. The summed E-state index contributed by atoms with van der Waals surface area (Å²) in [5.41, 5.74) is 0. The summed E-state index contributed by atoms with van der Waals surface area (Å²) in [6.07, 6.45) is 6.55. The van der Waals surface area contributed by atoms with E-state index in [-0.39, 0.29) is 23.8 Å². The van der Waals surface area contributed by atoms with Gasteiger partial charge in [0.05, 0.1) is 0 Å². The number of likely N-dealkylation sites (tertiary alicyclic amines) is 1. The first-order valence-corrected chi connectivity index (χ1v) is 9.47. The quantitative estimate of drug-likeness (QED) is 0.882. The fraction of sp³-hybridized carbons (Fsp3) is 0.778. The fourth-order valence-corrected chi connectivity index (χ4v) is 3.88. The van der Waals surface area contributed by atoms with E-state index in [9.17, 15) is 9.59 Å². The first-order valence-electron chi connectivity index (χ1n) is 9.47. The molecule has 3 rings (SSSR count). The van der Waals surface area contributed by atoms with Crippen LogP contribution in [0.1, 0.15) is 69.6 Å². The Kier molecular flexibility index (Phi) is 5.71. The summed E-state index contributed by atoms with van der Waals surface area (Å²) in [4.78, 5) is 31.2. The monoisotopic (exact) mass is 348 g/mol. The number of amides is 2. The van der Waals surface area contributed by atoms with Crippen LogP contribution in [-0.2, 0) is 9.59 Å². The van der Waals surface area contributed by atoms with Crippen LogP contribution in [0, 0.1) is 18.8 Å². The lowest BCUT2D eigenvalue weighted by molar-refractivity contribution is -0.139. The molecule has 1 aromatic rings. The smallest absolute Gasteiger partial charge is 0.249 e. The van der Waals surface area contributed by atoms with Crippen molar-refractivity contribution in [1.82, 2.24) is 20.4 Å². The summed E-state index contributed by atoms with van der Waals surface area (Å²) in [5.74, 6) is 1.52. The lowest BCUT2D eigenvalue weighted by Crippen LogP contribution is -2.45. The minimum Gasteiger partial charge on any atom is -0.344 e. The van der Waals surface area contributed by atoms with Crippen molar-refractivity contribution in [2.75, 3.05) is 13.1 Å². The first kappa shape index (κ1) is 17.9. The normalized spacial score (nSPS) is 20.6. The second kappa shape index (κ2) is 7.97. The van der Waals surface area contributed by atoms with Gasteiger partial charge in [0.2, 0.25) is 17.7 Å². The topological polar surface area (TPSA) is 88.3 Å². The van der Waals surface area contributed by atoms with E-state index < -0.39 is 0 Å². The Hall–Kier alpha value is -1.92. The molecule has 2 amide bonds. The van der Waals surface area contributed by atoms with Crippen LogP contribution < -0.4 is 5.32 Å². The summed E-state index contributed by atoms with van der Waals surface area (Å²) < 4.78 is 5.18. The largest absolute Gasteiger partial charge is 0.344 e. The number of nitrogens with zero attached hydrogens (tertiary/aromatic N) is 3. The molecule has 2 fully saturated rings. The minimum absolute atomic E-state index is 0.0238. The molecule has 1 aliphatic carbocycles. The molecular weight excluding hydrogens is 320 g/mol. The second-order valence-electron chi connectivity index (χ2n) is 7.23. The van der Waals surface area contributed by atoms with Crippen molar-refractivity contribution < 1.29 is 14.1 Å². The zero-order valence-corrected chi connectivity index (χ0v) is 15.2. The van der Waals surface area contributed by atoms with E-state index in [4.69, 9.17) is 4.52 Å². The molecule has 7 nitrogen and oxygen atoms in total. The highest BCUT2D eigenvalue weighted by Crippen LogP contribution is 2.28. The minimum atomic E-state index is -0.244. The van der Waals surface area contributed by atoms with Gasteiger partial charge >= 0.3 is 0 Å². The highest BCUT2D eigenvalue weighted by atomic mass is 16.5. The van der Waals surface area contributed by atoms with Gasteiger partial charge in [0.25, 0.3) is 0 Å². The molecule has 0 radical (unpaired) electrons. The van der Waals surface area contributed by atoms with Gasteiger partial charge in [-0.15, -0.1) is 0 Å². The van der Waals surface area contributed by atoms with Gasteiger partial charge in [0, 0.05) is 24.9 Å². The lowest BCUT2D eigenvalue weighted by atomic mass is 9.94. The first-order chi connectivity index (χ1) is 12.1. The third-order valence-electron chi connectivity index (χ3n) is 5.45. The molecule has 2 heterocycles. The van der Waals surface area contributed by atoms with Crippen molar-refractivity contribution >= 4 is 11.8 Å². The van der Waals surface area contributed by atoms with Gasteiger partial charge in [-0.25, -0.2) is 0 Å². The van der Waals surface area contributed by atoms with E-state index in [0.717, 1.165) is 25.7 Å². The van der Waals surface area contributed by atoms with Crippen LogP contribution >= 0.6 is 0 Å². The molecule has 1 saturated carbocycles. The van der Waals surface area contributed by atoms with Crippen LogP contribution in [0.3, 0.4) is 0 Å². The Morgan fingerprint density at radius 3 is 2.44 bits per heavy atom. The van der Waals surface area contributed by atoms with Crippen molar-refractivity contribution in [2.24, 2.45) is 11.8 Å². The highest BCUT2D eigenvalue weighted by molar-refractivity contribution is 5.81. The highest BCUT2D eigenvalue weighted by Gasteiger charge is 2.32. The van der Waals surface area contributed by atoms with Crippen molar-refractivity contribution in [3.63, 3.8) is 0 Å². The maximum absolute atomic E-state index is 12.6. The third-order valence-corrected chi connectivity index (χ3v) is 5.45. The van der Waals surface area contributed by atoms with E-state index in [0.29, 0.717) is 37.1 Å². The number of hydrogen-bond acceptors (Lipinski definition) is 5. The molecule has 1 atom stereocenters. The zero-order valence-electron chi connectivity index (χ0n) is 15.2. The molecule has 1 unspecified atom stereocenters. The fourth-order valence-electron chi connectivity index (χ4n) is 3.88. The summed E-state index contributed by atoms with van der Waals surface area (Å²) in [7, 11) is 0. The van der Waals surface area contributed by atoms with Crippen molar-refractivity contribution in [3.05, 3.63) is 11.7 Å². The molecule has 0 spiro atoms. The summed E-state index contributed by atoms with van der Waals surface area (Å²) in [6, 6.07) is -0.244. The Balaban J connectivity index is 1.50. The number of nitrogens with one attached hydrogen (secondary N) is 1. The predicted octanol–water partition coefficient (Wildman–Crippen LogP) is 2.37. The number of carbonyl (C=O) groups excluding carboxylic acids is 2. The Morgan fingerprint density at radius 1 is 1.20 bits per heavy atom. The molecule has 138 valence electrons. The predicted molar refractivity (Wildman–Crippen MR) is 91.5 cm³/mol. The number of piperidine rings is 1. The maximum Gasteiger partial charge on any atom is 0.249 e. The maximum atomic E-state index is 12.6. The average Bonchev–Trinajstić information content (AvgIpc) is 3.31. The van der Waals surface area contributed by atoms with E-state index in [2.05, 4.69) is 15.5 Å². The average molecular weight is 348 g/mol. The number of rotatable bonds is 5. The van der Waals surface area contributed by atoms with Crippen LogP contribution in [0.5, 0.6) is 0 Å². The van der Waals surface area contributed by atoms with Crippen LogP contribution in [0.15, 0.2) is 4.52 Å². The van der Waals surface area contributed by atoms with E-state index in [1.165, 1.54) is 12.8 Å².